The number of hydrogen-bond acceptors (Lipinski definition) is 3. The van der Waals surface area contributed by atoms with Crippen molar-refractivity contribution in [2.75, 3.05) is 7.11 Å². The van der Waals surface area contributed by atoms with Gasteiger partial charge in [0.2, 0.25) is 0 Å². The van der Waals surface area contributed by atoms with E-state index in [9.17, 15) is 0 Å². The second-order valence-corrected chi connectivity index (χ2v) is 11.9. The molecule has 0 aliphatic rings. The first-order chi connectivity index (χ1) is 5.68. The van der Waals surface area contributed by atoms with Gasteiger partial charge in [-0.2, -0.15) is 0 Å². The standard InChI is InChI=1S/C8H22O3Si2/c1-8(2)10-13(7,9-3)11-12(4,5)6/h8H,1-7H3. The Hall–Kier alpha value is 0.314. The smallest absolute Gasteiger partial charge is 0.416 e. The van der Waals surface area contributed by atoms with E-state index in [0.717, 1.165) is 0 Å². The zero-order chi connectivity index (χ0) is 10.7. The molecule has 0 rings (SSSR count). The highest BCUT2D eigenvalue weighted by Gasteiger charge is 2.39. The van der Waals surface area contributed by atoms with E-state index in [1.807, 2.05) is 20.4 Å². The Labute approximate surface area is 83.9 Å². The van der Waals surface area contributed by atoms with Gasteiger partial charge in [-0.25, -0.2) is 0 Å². The molecular formula is C8H22O3Si2. The molecule has 1 unspecified atom stereocenters. The van der Waals surface area contributed by atoms with E-state index in [-0.39, 0.29) is 6.10 Å². The Morgan fingerprint density at radius 3 is 1.69 bits per heavy atom. The molecule has 0 fully saturated rings. The lowest BCUT2D eigenvalue weighted by atomic mass is 10.5. The van der Waals surface area contributed by atoms with Crippen LogP contribution in [0.2, 0.25) is 26.2 Å². The summed E-state index contributed by atoms with van der Waals surface area (Å²) in [6.07, 6.45) is 0.160. The molecule has 0 aliphatic carbocycles. The molecule has 3 nitrogen and oxygen atoms in total. The monoisotopic (exact) mass is 222 g/mol. The lowest BCUT2D eigenvalue weighted by Gasteiger charge is -2.32. The molecule has 0 N–H and O–H groups in total. The minimum atomic E-state index is -2.36. The fraction of sp³-hybridized carbons (Fsp3) is 1.00. The van der Waals surface area contributed by atoms with Crippen molar-refractivity contribution < 1.29 is 13.0 Å². The molecule has 0 aromatic rings. The van der Waals surface area contributed by atoms with Gasteiger partial charge in [0.1, 0.15) is 0 Å². The third kappa shape index (κ3) is 6.39. The first-order valence-corrected chi connectivity index (χ1v) is 10.2. The predicted octanol–water partition coefficient (Wildman–Crippen LogP) is 2.48. The molecule has 0 saturated carbocycles. The van der Waals surface area contributed by atoms with Gasteiger partial charge in [-0.1, -0.05) is 0 Å². The van der Waals surface area contributed by atoms with Gasteiger partial charge in [0.25, 0.3) is 0 Å². The maximum atomic E-state index is 5.92. The molecule has 0 bridgehead atoms. The molecule has 0 radical (unpaired) electrons. The van der Waals surface area contributed by atoms with Crippen molar-refractivity contribution in [1.82, 2.24) is 0 Å². The maximum Gasteiger partial charge on any atom is 0.487 e. The summed E-state index contributed by atoms with van der Waals surface area (Å²) in [5, 5.41) is 0. The molecule has 5 heteroatoms. The van der Waals surface area contributed by atoms with Gasteiger partial charge in [0.05, 0.1) is 0 Å². The minimum Gasteiger partial charge on any atom is -0.416 e. The third-order valence-corrected chi connectivity index (χ3v) is 6.89. The topological polar surface area (TPSA) is 27.7 Å². The van der Waals surface area contributed by atoms with Gasteiger partial charge >= 0.3 is 8.80 Å². The van der Waals surface area contributed by atoms with Crippen LogP contribution in [0.15, 0.2) is 0 Å². The van der Waals surface area contributed by atoms with Gasteiger partial charge in [-0.05, 0) is 33.5 Å². The molecule has 0 amide bonds. The summed E-state index contributed by atoms with van der Waals surface area (Å²) in [4.78, 5) is 0. The highest BCUT2D eigenvalue weighted by atomic mass is 28.5. The second kappa shape index (κ2) is 4.70. The van der Waals surface area contributed by atoms with Crippen LogP contribution in [-0.4, -0.2) is 30.3 Å². The van der Waals surface area contributed by atoms with Gasteiger partial charge in [0.15, 0.2) is 8.32 Å². The average molecular weight is 222 g/mol. The van der Waals surface area contributed by atoms with Crippen LogP contribution in [0, 0.1) is 0 Å². The summed E-state index contributed by atoms with van der Waals surface area (Å²) in [7, 11) is -2.27. The van der Waals surface area contributed by atoms with Crippen LogP contribution in [0.4, 0.5) is 0 Å². The van der Waals surface area contributed by atoms with Gasteiger partial charge in [-0.15, -0.1) is 0 Å². The lowest BCUT2D eigenvalue weighted by molar-refractivity contribution is 0.100. The normalized spacial score (nSPS) is 17.5. The quantitative estimate of drug-likeness (QED) is 0.669. The van der Waals surface area contributed by atoms with E-state index in [0.29, 0.717) is 0 Å². The summed E-state index contributed by atoms with van der Waals surface area (Å²) < 4.78 is 17.0. The summed E-state index contributed by atoms with van der Waals surface area (Å²) in [5.74, 6) is 0. The summed E-state index contributed by atoms with van der Waals surface area (Å²) in [5.41, 5.74) is 0. The molecule has 0 aliphatic heterocycles. The molecule has 0 saturated heterocycles. The average Bonchev–Trinajstić information content (AvgIpc) is 1.81. The van der Waals surface area contributed by atoms with Crippen molar-refractivity contribution in [3.8, 4) is 0 Å². The van der Waals surface area contributed by atoms with Crippen LogP contribution in [0.5, 0.6) is 0 Å². The first-order valence-electron chi connectivity index (χ1n) is 4.62. The second-order valence-electron chi connectivity index (χ2n) is 4.45. The van der Waals surface area contributed by atoms with Crippen molar-refractivity contribution in [2.45, 2.75) is 46.1 Å². The van der Waals surface area contributed by atoms with E-state index in [1.165, 1.54) is 0 Å². The minimum absolute atomic E-state index is 0.160. The lowest BCUT2D eigenvalue weighted by Crippen LogP contribution is -2.50. The van der Waals surface area contributed by atoms with Crippen molar-refractivity contribution in [3.05, 3.63) is 0 Å². The molecule has 80 valence electrons. The van der Waals surface area contributed by atoms with E-state index in [2.05, 4.69) is 19.6 Å². The fourth-order valence-electron chi connectivity index (χ4n) is 1.10. The molecule has 13 heavy (non-hydrogen) atoms. The highest BCUT2D eigenvalue weighted by molar-refractivity contribution is 6.79. The van der Waals surface area contributed by atoms with Crippen LogP contribution in [-0.2, 0) is 13.0 Å². The molecule has 0 aromatic heterocycles. The van der Waals surface area contributed by atoms with E-state index in [1.54, 1.807) is 7.11 Å². The van der Waals surface area contributed by atoms with Crippen molar-refractivity contribution in [1.29, 1.82) is 0 Å². The Balaban J connectivity index is 4.28. The highest BCUT2D eigenvalue weighted by Crippen LogP contribution is 2.17. The van der Waals surface area contributed by atoms with Gasteiger partial charge < -0.3 is 13.0 Å². The van der Waals surface area contributed by atoms with E-state index >= 15 is 0 Å². The largest absolute Gasteiger partial charge is 0.487 e. The Morgan fingerprint density at radius 1 is 1.00 bits per heavy atom. The maximum absolute atomic E-state index is 5.92. The Kier molecular flexibility index (Phi) is 4.81. The van der Waals surface area contributed by atoms with E-state index < -0.39 is 17.1 Å². The van der Waals surface area contributed by atoms with Crippen LogP contribution < -0.4 is 0 Å². The summed E-state index contributed by atoms with van der Waals surface area (Å²) in [6, 6.07) is 0. The molecule has 0 heterocycles. The molecule has 0 aromatic carbocycles. The number of rotatable bonds is 5. The zero-order valence-electron chi connectivity index (χ0n) is 9.80. The van der Waals surface area contributed by atoms with Crippen LogP contribution in [0.25, 0.3) is 0 Å². The van der Waals surface area contributed by atoms with E-state index in [4.69, 9.17) is 13.0 Å². The fourth-order valence-corrected chi connectivity index (χ4v) is 7.03. The summed E-state index contributed by atoms with van der Waals surface area (Å²) >= 11 is 0. The Bertz CT molecular complexity index is 156. The third-order valence-electron chi connectivity index (χ3n) is 1.31. The van der Waals surface area contributed by atoms with Crippen LogP contribution in [0.3, 0.4) is 0 Å². The molecule has 0 spiro atoms. The predicted molar refractivity (Wildman–Crippen MR) is 59.3 cm³/mol. The van der Waals surface area contributed by atoms with Crippen molar-refractivity contribution >= 4 is 17.1 Å². The van der Waals surface area contributed by atoms with Crippen LogP contribution in [0.1, 0.15) is 13.8 Å². The van der Waals surface area contributed by atoms with Crippen molar-refractivity contribution in [3.63, 3.8) is 0 Å². The van der Waals surface area contributed by atoms with Crippen LogP contribution >= 0.6 is 0 Å². The Morgan fingerprint density at radius 2 is 1.46 bits per heavy atom. The van der Waals surface area contributed by atoms with Gasteiger partial charge in [-0.3, -0.25) is 0 Å². The van der Waals surface area contributed by atoms with Gasteiger partial charge in [0, 0.05) is 19.8 Å². The van der Waals surface area contributed by atoms with Crippen molar-refractivity contribution in [2.24, 2.45) is 0 Å². The molecule has 1 atom stereocenters. The SMILES string of the molecule is CO[Si](C)(OC(C)C)O[Si](C)(C)C. The number of hydrogen-bond donors (Lipinski definition) is 0. The molecular weight excluding hydrogens is 200 g/mol. The first kappa shape index (κ1) is 13.3. The zero-order valence-corrected chi connectivity index (χ0v) is 11.8. The summed E-state index contributed by atoms with van der Waals surface area (Å²) in [6.45, 7) is 12.4.